The topological polar surface area (TPSA) is 56.4 Å². The number of halogens is 3. The fourth-order valence-electron chi connectivity index (χ4n) is 5.25. The fraction of sp³-hybridized carbons (Fsp3) is 0.708. The molecule has 1 unspecified atom stereocenters. The van der Waals surface area contributed by atoms with E-state index in [1.165, 1.54) is 0 Å². The first kappa shape index (κ1) is 23.2. The van der Waals surface area contributed by atoms with Gasteiger partial charge in [-0.2, -0.15) is 13.2 Å². The maximum Gasteiger partial charge on any atom is 0.391 e. The van der Waals surface area contributed by atoms with Crippen molar-refractivity contribution in [3.05, 3.63) is 24.3 Å². The van der Waals surface area contributed by atoms with E-state index in [0.29, 0.717) is 25.0 Å². The third-order valence-corrected chi connectivity index (χ3v) is 7.40. The number of nitrogens with one attached hydrogen (secondary N) is 3. The zero-order valence-corrected chi connectivity index (χ0v) is 18.6. The van der Waals surface area contributed by atoms with E-state index < -0.39 is 12.1 Å². The van der Waals surface area contributed by atoms with Gasteiger partial charge in [0.1, 0.15) is 0 Å². The van der Waals surface area contributed by atoms with Crippen LogP contribution < -0.4 is 20.9 Å². The molecule has 178 valence electrons. The standard InChI is InChI=1S/C24H35F3N4O/c25-24(26,27)19-10-13-31(14-11-19)22-7-5-21(6-8-22)30-20-3-1-17(2-4-20)15-29-23(32)18-9-12-28-16-18/h5-8,17-20,28,30H,1-4,9-16H2,(H,29,32). The molecule has 0 aromatic heterocycles. The number of hydrogen-bond acceptors (Lipinski definition) is 4. The molecule has 1 amide bonds. The molecule has 5 nitrogen and oxygen atoms in total. The number of alkyl halides is 3. The van der Waals surface area contributed by atoms with Crippen LogP contribution in [0, 0.1) is 17.8 Å². The molecule has 4 rings (SSSR count). The lowest BCUT2D eigenvalue weighted by atomic mass is 9.85. The van der Waals surface area contributed by atoms with Crippen molar-refractivity contribution in [2.24, 2.45) is 17.8 Å². The van der Waals surface area contributed by atoms with Crippen LogP contribution in [0.4, 0.5) is 24.5 Å². The van der Waals surface area contributed by atoms with Crippen LogP contribution >= 0.6 is 0 Å². The maximum absolute atomic E-state index is 12.9. The van der Waals surface area contributed by atoms with E-state index in [2.05, 4.69) is 16.0 Å². The number of anilines is 2. The minimum atomic E-state index is -4.07. The Morgan fingerprint density at radius 2 is 1.69 bits per heavy atom. The Balaban J connectivity index is 1.17. The van der Waals surface area contributed by atoms with E-state index in [-0.39, 0.29) is 24.7 Å². The number of benzene rings is 1. The van der Waals surface area contributed by atoms with Crippen molar-refractivity contribution in [1.29, 1.82) is 0 Å². The van der Waals surface area contributed by atoms with Gasteiger partial charge < -0.3 is 20.9 Å². The normalized spacial score (nSPS) is 27.3. The SMILES string of the molecule is O=C(NCC1CCC(Nc2ccc(N3CCC(C(F)(F)F)CC3)cc2)CC1)C1CCNC1. The van der Waals surface area contributed by atoms with Gasteiger partial charge in [-0.3, -0.25) is 4.79 Å². The minimum absolute atomic E-state index is 0.131. The summed E-state index contributed by atoms with van der Waals surface area (Å²) < 4.78 is 38.6. The molecule has 1 saturated carbocycles. The summed E-state index contributed by atoms with van der Waals surface area (Å²) in [6.45, 7) is 3.42. The third-order valence-electron chi connectivity index (χ3n) is 7.40. The molecule has 3 aliphatic rings. The van der Waals surface area contributed by atoms with Gasteiger partial charge in [0.2, 0.25) is 5.91 Å². The number of piperidine rings is 1. The van der Waals surface area contributed by atoms with E-state index in [9.17, 15) is 18.0 Å². The molecule has 8 heteroatoms. The van der Waals surface area contributed by atoms with Crippen molar-refractivity contribution in [3.8, 4) is 0 Å². The zero-order valence-electron chi connectivity index (χ0n) is 18.6. The molecule has 32 heavy (non-hydrogen) atoms. The molecule has 3 fully saturated rings. The molecule has 1 aromatic carbocycles. The largest absolute Gasteiger partial charge is 0.391 e. The van der Waals surface area contributed by atoms with Crippen molar-refractivity contribution in [3.63, 3.8) is 0 Å². The van der Waals surface area contributed by atoms with Crippen molar-refractivity contribution < 1.29 is 18.0 Å². The van der Waals surface area contributed by atoms with E-state index >= 15 is 0 Å². The Morgan fingerprint density at radius 1 is 1.00 bits per heavy atom. The van der Waals surface area contributed by atoms with Gasteiger partial charge in [-0.15, -0.1) is 0 Å². The molecule has 0 bridgehead atoms. The molecule has 0 spiro atoms. The van der Waals surface area contributed by atoms with Gasteiger partial charge in [0.25, 0.3) is 0 Å². The van der Waals surface area contributed by atoms with Crippen molar-refractivity contribution >= 4 is 17.3 Å². The van der Waals surface area contributed by atoms with Crippen LogP contribution in [0.2, 0.25) is 0 Å². The van der Waals surface area contributed by atoms with Gasteiger partial charge in [0.05, 0.1) is 11.8 Å². The van der Waals surface area contributed by atoms with Gasteiger partial charge in [0, 0.05) is 43.6 Å². The zero-order chi connectivity index (χ0) is 22.6. The first-order chi connectivity index (χ1) is 15.4. The first-order valence-corrected chi connectivity index (χ1v) is 12.0. The number of carbonyl (C=O) groups is 1. The lowest BCUT2D eigenvalue weighted by Crippen LogP contribution is -2.39. The summed E-state index contributed by atoms with van der Waals surface area (Å²) in [7, 11) is 0. The second-order valence-electron chi connectivity index (χ2n) is 9.65. The Hall–Kier alpha value is -1.96. The van der Waals surface area contributed by atoms with E-state index in [4.69, 9.17) is 0 Å². The fourth-order valence-corrected chi connectivity index (χ4v) is 5.25. The number of amides is 1. The van der Waals surface area contributed by atoms with Crippen molar-refractivity contribution in [1.82, 2.24) is 10.6 Å². The Labute approximate surface area is 188 Å². The summed E-state index contributed by atoms with van der Waals surface area (Å²) >= 11 is 0. The van der Waals surface area contributed by atoms with E-state index in [1.54, 1.807) is 0 Å². The predicted molar refractivity (Wildman–Crippen MR) is 121 cm³/mol. The van der Waals surface area contributed by atoms with Crippen LogP contribution in [0.1, 0.15) is 44.9 Å². The van der Waals surface area contributed by atoms with Gasteiger partial charge in [-0.25, -0.2) is 0 Å². The summed E-state index contributed by atoms with van der Waals surface area (Å²) in [6, 6.07) is 8.51. The highest BCUT2D eigenvalue weighted by Crippen LogP contribution is 2.35. The first-order valence-electron chi connectivity index (χ1n) is 12.0. The summed E-state index contributed by atoms with van der Waals surface area (Å²) in [6.07, 6.45) is 1.58. The highest BCUT2D eigenvalue weighted by molar-refractivity contribution is 5.79. The second-order valence-corrected chi connectivity index (χ2v) is 9.65. The number of nitrogens with zero attached hydrogens (tertiary/aromatic N) is 1. The molecule has 1 atom stereocenters. The van der Waals surface area contributed by atoms with Crippen LogP contribution in [0.3, 0.4) is 0 Å². The summed E-state index contributed by atoms with van der Waals surface area (Å²) in [5.41, 5.74) is 2.05. The van der Waals surface area contributed by atoms with E-state index in [0.717, 1.165) is 63.1 Å². The minimum Gasteiger partial charge on any atom is -0.382 e. The molecular formula is C24H35F3N4O. The Kier molecular flexibility index (Phi) is 7.48. The van der Waals surface area contributed by atoms with Crippen LogP contribution in [-0.2, 0) is 4.79 Å². The van der Waals surface area contributed by atoms with Gasteiger partial charge in [0.15, 0.2) is 0 Å². The molecule has 3 N–H and O–H groups in total. The second kappa shape index (κ2) is 10.3. The molecule has 1 aromatic rings. The van der Waals surface area contributed by atoms with Crippen molar-refractivity contribution in [2.75, 3.05) is 42.9 Å². The summed E-state index contributed by atoms with van der Waals surface area (Å²) in [4.78, 5) is 14.2. The highest BCUT2D eigenvalue weighted by atomic mass is 19.4. The van der Waals surface area contributed by atoms with Crippen LogP contribution in [0.15, 0.2) is 24.3 Å². The molecule has 2 aliphatic heterocycles. The Bertz CT molecular complexity index is 733. The summed E-state index contributed by atoms with van der Waals surface area (Å²) in [5.74, 6) is -0.291. The van der Waals surface area contributed by atoms with E-state index in [1.807, 2.05) is 29.2 Å². The maximum atomic E-state index is 12.9. The number of hydrogen-bond donors (Lipinski definition) is 3. The summed E-state index contributed by atoms with van der Waals surface area (Å²) in [5, 5.41) is 9.98. The highest BCUT2D eigenvalue weighted by Gasteiger charge is 2.41. The van der Waals surface area contributed by atoms with Gasteiger partial charge in [-0.1, -0.05) is 0 Å². The lowest BCUT2D eigenvalue weighted by molar-refractivity contribution is -0.179. The predicted octanol–water partition coefficient (Wildman–Crippen LogP) is 4.16. The average molecular weight is 453 g/mol. The van der Waals surface area contributed by atoms with Crippen LogP contribution in [-0.4, -0.2) is 50.8 Å². The lowest BCUT2D eigenvalue weighted by Gasteiger charge is -2.34. The number of rotatable bonds is 6. The number of carbonyl (C=O) groups excluding carboxylic acids is 1. The molecule has 1 aliphatic carbocycles. The van der Waals surface area contributed by atoms with Crippen LogP contribution in [0.25, 0.3) is 0 Å². The van der Waals surface area contributed by atoms with Crippen molar-refractivity contribution in [2.45, 2.75) is 57.2 Å². The van der Waals surface area contributed by atoms with Crippen LogP contribution in [0.5, 0.6) is 0 Å². The quantitative estimate of drug-likeness (QED) is 0.607. The molecule has 2 heterocycles. The third kappa shape index (κ3) is 6.09. The smallest absolute Gasteiger partial charge is 0.382 e. The van der Waals surface area contributed by atoms with Gasteiger partial charge >= 0.3 is 6.18 Å². The average Bonchev–Trinajstić information content (AvgIpc) is 3.34. The molecule has 2 saturated heterocycles. The molecule has 0 radical (unpaired) electrons. The molecular weight excluding hydrogens is 417 g/mol. The van der Waals surface area contributed by atoms with Gasteiger partial charge in [-0.05, 0) is 81.7 Å². The monoisotopic (exact) mass is 452 g/mol. The Morgan fingerprint density at radius 3 is 2.28 bits per heavy atom.